The van der Waals surface area contributed by atoms with E-state index in [2.05, 4.69) is 25.9 Å². The number of hydrogen-bond donors (Lipinski definition) is 5. The van der Waals surface area contributed by atoms with E-state index in [0.29, 0.717) is 24.1 Å². The van der Waals surface area contributed by atoms with Gasteiger partial charge in [-0.15, -0.1) is 0 Å². The molecular weight excluding hydrogens is 490 g/mol. The number of carbonyl (C=O) groups is 1. The molecule has 0 atom stereocenters. The van der Waals surface area contributed by atoms with Gasteiger partial charge in [0.2, 0.25) is 11.8 Å². The Morgan fingerprint density at radius 1 is 1.05 bits per heavy atom. The summed E-state index contributed by atoms with van der Waals surface area (Å²) in [6.45, 7) is 7.77. The largest absolute Gasteiger partial charge is 0.506 e. The number of hydrogen-bond acceptors (Lipinski definition) is 10. The molecule has 1 saturated heterocycles. The van der Waals surface area contributed by atoms with Crippen molar-refractivity contribution in [2.75, 3.05) is 10.6 Å². The van der Waals surface area contributed by atoms with E-state index in [1.807, 2.05) is 27.7 Å². The smallest absolute Gasteiger partial charge is 0.329 e. The highest BCUT2D eigenvalue weighted by molar-refractivity contribution is 5.94. The number of nitrogens with one attached hydrogen (secondary N) is 3. The van der Waals surface area contributed by atoms with Gasteiger partial charge >= 0.3 is 5.69 Å². The summed E-state index contributed by atoms with van der Waals surface area (Å²) in [5, 5.41) is 42.1. The first-order valence-corrected chi connectivity index (χ1v) is 12.1. The third-order valence-electron chi connectivity index (χ3n) is 6.50. The molecule has 0 spiro atoms. The number of nitro groups is 1. The van der Waals surface area contributed by atoms with E-state index in [1.165, 1.54) is 11.1 Å². The molecule has 0 radical (unpaired) electrons. The first-order chi connectivity index (χ1) is 17.9. The fourth-order valence-corrected chi connectivity index (χ4v) is 4.84. The standard InChI is InChI=1S/C26H31N7O5/c1-25(2)13-18(14-26(3,4)33(25)38)28-23(35)16-9-11-17(12-10-16)29-24-27-15-20(32(36)37)22(31-24)30-19-7-5-6-8-21(19)34/h5-12,15,18,34,38H,13-14H2,1-4H3,(H,28,35)(H2,27,29,30,31). The maximum Gasteiger partial charge on any atom is 0.329 e. The molecule has 1 aliphatic rings. The fourth-order valence-electron chi connectivity index (χ4n) is 4.84. The predicted molar refractivity (Wildman–Crippen MR) is 142 cm³/mol. The number of anilines is 4. The van der Waals surface area contributed by atoms with Gasteiger partial charge in [0.25, 0.3) is 5.91 Å². The summed E-state index contributed by atoms with van der Waals surface area (Å²) in [5.74, 6) is -0.311. The lowest BCUT2D eigenvalue weighted by molar-refractivity contribution is -0.384. The second-order valence-electron chi connectivity index (χ2n) is 10.5. The lowest BCUT2D eigenvalue weighted by Crippen LogP contribution is -2.62. The summed E-state index contributed by atoms with van der Waals surface area (Å²) in [6.07, 6.45) is 2.28. The Morgan fingerprint density at radius 2 is 1.68 bits per heavy atom. The summed E-state index contributed by atoms with van der Waals surface area (Å²) < 4.78 is 0. The molecule has 5 N–H and O–H groups in total. The number of piperidine rings is 1. The topological polar surface area (TPSA) is 166 Å². The van der Waals surface area contributed by atoms with Gasteiger partial charge in [0, 0.05) is 28.4 Å². The first kappa shape index (κ1) is 26.8. The highest BCUT2D eigenvalue weighted by atomic mass is 16.6. The summed E-state index contributed by atoms with van der Waals surface area (Å²) >= 11 is 0. The fraction of sp³-hybridized carbons (Fsp3) is 0.346. The van der Waals surface area contributed by atoms with Crippen molar-refractivity contribution in [1.82, 2.24) is 20.3 Å². The maximum absolute atomic E-state index is 12.9. The van der Waals surface area contributed by atoms with Gasteiger partial charge in [-0.05, 0) is 76.9 Å². The van der Waals surface area contributed by atoms with Crippen LogP contribution in [0.3, 0.4) is 0 Å². The van der Waals surface area contributed by atoms with Gasteiger partial charge in [0.05, 0.1) is 10.6 Å². The van der Waals surface area contributed by atoms with Crippen LogP contribution >= 0.6 is 0 Å². The molecule has 200 valence electrons. The molecule has 0 bridgehead atoms. The van der Waals surface area contributed by atoms with Crippen molar-refractivity contribution in [1.29, 1.82) is 0 Å². The monoisotopic (exact) mass is 521 g/mol. The van der Waals surface area contributed by atoms with Crippen LogP contribution in [0.1, 0.15) is 50.9 Å². The molecule has 12 nitrogen and oxygen atoms in total. The quantitative estimate of drug-likeness (QED) is 0.167. The number of para-hydroxylation sites is 2. The molecule has 1 aromatic heterocycles. The highest BCUT2D eigenvalue weighted by Crippen LogP contribution is 2.37. The predicted octanol–water partition coefficient (Wildman–Crippen LogP) is 4.72. The normalized spacial score (nSPS) is 17.0. The first-order valence-electron chi connectivity index (χ1n) is 12.1. The number of benzene rings is 2. The van der Waals surface area contributed by atoms with Crippen LogP contribution in [0.15, 0.2) is 54.7 Å². The van der Waals surface area contributed by atoms with Crippen LogP contribution in [-0.2, 0) is 0 Å². The average molecular weight is 522 g/mol. The van der Waals surface area contributed by atoms with Crippen molar-refractivity contribution in [3.05, 3.63) is 70.4 Å². The van der Waals surface area contributed by atoms with Crippen LogP contribution in [0, 0.1) is 10.1 Å². The van der Waals surface area contributed by atoms with Gasteiger partial charge in [-0.3, -0.25) is 14.9 Å². The van der Waals surface area contributed by atoms with Gasteiger partial charge < -0.3 is 26.3 Å². The number of phenolic OH excluding ortho intramolecular Hbond substituents is 1. The number of aromatic nitrogens is 2. The summed E-state index contributed by atoms with van der Waals surface area (Å²) in [7, 11) is 0. The van der Waals surface area contributed by atoms with E-state index in [9.17, 15) is 25.2 Å². The Labute approximate surface area is 219 Å². The molecule has 1 fully saturated rings. The van der Waals surface area contributed by atoms with Gasteiger partial charge in [-0.1, -0.05) is 12.1 Å². The minimum absolute atomic E-state index is 0.0853. The summed E-state index contributed by atoms with van der Waals surface area (Å²) in [4.78, 5) is 32.0. The van der Waals surface area contributed by atoms with Crippen LogP contribution in [0.2, 0.25) is 0 Å². The maximum atomic E-state index is 12.9. The molecule has 1 aliphatic heterocycles. The third-order valence-corrected chi connectivity index (χ3v) is 6.50. The Balaban J connectivity index is 1.46. The van der Waals surface area contributed by atoms with Crippen LogP contribution in [0.25, 0.3) is 0 Å². The zero-order valence-corrected chi connectivity index (χ0v) is 21.6. The average Bonchev–Trinajstić information content (AvgIpc) is 2.84. The number of amides is 1. The molecule has 4 rings (SSSR count). The molecule has 38 heavy (non-hydrogen) atoms. The number of hydroxylamine groups is 2. The molecule has 12 heteroatoms. The Hall–Kier alpha value is -4.29. The second-order valence-corrected chi connectivity index (χ2v) is 10.5. The van der Waals surface area contributed by atoms with Crippen LogP contribution in [0.5, 0.6) is 5.75 Å². The second kappa shape index (κ2) is 10.2. The van der Waals surface area contributed by atoms with Gasteiger partial charge in [0.15, 0.2) is 0 Å². The highest BCUT2D eigenvalue weighted by Gasteiger charge is 2.45. The third kappa shape index (κ3) is 5.82. The molecule has 0 aliphatic carbocycles. The van der Waals surface area contributed by atoms with E-state index in [0.717, 1.165) is 6.20 Å². The summed E-state index contributed by atoms with van der Waals surface area (Å²) in [6, 6.07) is 12.9. The number of carbonyl (C=O) groups excluding carboxylic acids is 1. The van der Waals surface area contributed by atoms with Crippen molar-refractivity contribution < 1.29 is 20.0 Å². The molecule has 3 aromatic rings. The zero-order valence-electron chi connectivity index (χ0n) is 21.6. The number of rotatable bonds is 7. The van der Waals surface area contributed by atoms with Crippen LogP contribution < -0.4 is 16.0 Å². The van der Waals surface area contributed by atoms with Crippen LogP contribution in [0.4, 0.5) is 28.8 Å². The van der Waals surface area contributed by atoms with Crippen molar-refractivity contribution in [3.8, 4) is 5.75 Å². The minimum atomic E-state index is -0.619. The van der Waals surface area contributed by atoms with Crippen molar-refractivity contribution in [3.63, 3.8) is 0 Å². The Morgan fingerprint density at radius 3 is 2.29 bits per heavy atom. The van der Waals surface area contributed by atoms with Crippen molar-refractivity contribution in [2.24, 2.45) is 0 Å². The minimum Gasteiger partial charge on any atom is -0.506 e. The van der Waals surface area contributed by atoms with Crippen molar-refractivity contribution >= 4 is 34.7 Å². The Kier molecular flexibility index (Phi) is 7.20. The zero-order chi connectivity index (χ0) is 27.7. The lowest BCUT2D eigenvalue weighted by atomic mass is 9.79. The van der Waals surface area contributed by atoms with E-state index < -0.39 is 16.0 Å². The number of nitrogens with zero attached hydrogens (tertiary/aromatic N) is 4. The number of phenols is 1. The van der Waals surface area contributed by atoms with Crippen molar-refractivity contribution in [2.45, 2.75) is 57.7 Å². The lowest BCUT2D eigenvalue weighted by Gasteiger charge is -2.51. The van der Waals surface area contributed by atoms with E-state index in [1.54, 1.807) is 42.5 Å². The van der Waals surface area contributed by atoms with E-state index >= 15 is 0 Å². The van der Waals surface area contributed by atoms with Gasteiger partial charge in [0.1, 0.15) is 11.9 Å². The van der Waals surface area contributed by atoms with E-state index in [4.69, 9.17) is 0 Å². The molecule has 2 aromatic carbocycles. The molecule has 0 unspecified atom stereocenters. The molecular formula is C26H31N7O5. The Bertz CT molecular complexity index is 1330. The van der Waals surface area contributed by atoms with Gasteiger partial charge in [-0.2, -0.15) is 10.0 Å². The summed E-state index contributed by atoms with van der Waals surface area (Å²) in [5.41, 5.74) is -0.0312. The number of aromatic hydroxyl groups is 1. The molecule has 2 heterocycles. The van der Waals surface area contributed by atoms with Gasteiger partial charge in [-0.25, -0.2) is 4.98 Å². The van der Waals surface area contributed by atoms with E-state index in [-0.39, 0.29) is 40.8 Å². The SMILES string of the molecule is CC1(C)CC(NC(=O)c2ccc(Nc3ncc([N+](=O)[O-])c(Nc4ccccc4O)n3)cc2)CC(C)(C)N1O. The molecule has 0 saturated carbocycles. The van der Waals surface area contributed by atoms with Crippen LogP contribution in [-0.4, -0.2) is 53.3 Å². The molecule has 1 amide bonds.